The van der Waals surface area contributed by atoms with Crippen molar-refractivity contribution in [3.05, 3.63) is 33.4 Å². The van der Waals surface area contributed by atoms with Crippen molar-refractivity contribution < 1.29 is 13.3 Å². The average molecular weight is 327 g/mol. The van der Waals surface area contributed by atoms with E-state index in [1.807, 2.05) is 6.92 Å². The highest BCUT2D eigenvalue weighted by Crippen LogP contribution is 2.26. The first-order chi connectivity index (χ1) is 10.2. The summed E-state index contributed by atoms with van der Waals surface area (Å²) in [6.07, 6.45) is 0.702. The second kappa shape index (κ2) is 6.31. The number of hydrogen-bond donors (Lipinski definition) is 2. The molecule has 2 atom stereocenters. The van der Waals surface area contributed by atoms with Crippen LogP contribution in [0.2, 0.25) is 0 Å². The number of nitro benzene ring substituents is 1. The van der Waals surface area contributed by atoms with E-state index in [1.165, 1.54) is 0 Å². The second-order valence-electron chi connectivity index (χ2n) is 5.86. The first kappa shape index (κ1) is 16.9. The Bertz CT molecular complexity index is 688. The molecule has 1 aliphatic rings. The van der Waals surface area contributed by atoms with Crippen LogP contribution < -0.4 is 10.0 Å². The molecule has 0 radical (unpaired) electrons. The van der Waals surface area contributed by atoms with Crippen LogP contribution in [0.1, 0.15) is 24.5 Å². The first-order valence-corrected chi connectivity index (χ1v) is 8.69. The summed E-state index contributed by atoms with van der Waals surface area (Å²) in [6.45, 7) is 6.73. The van der Waals surface area contributed by atoms with Crippen molar-refractivity contribution in [2.75, 3.05) is 13.1 Å². The summed E-state index contributed by atoms with van der Waals surface area (Å²) in [5.41, 5.74) is 0.790. The Labute approximate surface area is 130 Å². The fourth-order valence-corrected chi connectivity index (χ4v) is 4.39. The summed E-state index contributed by atoms with van der Waals surface area (Å²) >= 11 is 0. The maximum Gasteiger partial charge on any atom is 0.273 e. The van der Waals surface area contributed by atoms with Crippen LogP contribution >= 0.6 is 0 Å². The van der Waals surface area contributed by atoms with E-state index >= 15 is 0 Å². The van der Waals surface area contributed by atoms with E-state index in [0.29, 0.717) is 17.5 Å². The van der Waals surface area contributed by atoms with Crippen LogP contribution in [-0.4, -0.2) is 32.5 Å². The second-order valence-corrected chi connectivity index (χ2v) is 7.54. The fraction of sp³-hybridized carbons (Fsp3) is 0.571. The SMILES string of the molecule is Cc1cc(C)c(S(=O)(=O)NC2CCNCC2C)cc1[N+](=O)[O-]. The fourth-order valence-electron chi connectivity index (χ4n) is 2.76. The Morgan fingerprint density at radius 1 is 1.32 bits per heavy atom. The van der Waals surface area contributed by atoms with Crippen LogP contribution in [-0.2, 0) is 10.0 Å². The van der Waals surface area contributed by atoms with Crippen LogP contribution in [0, 0.1) is 29.9 Å². The van der Waals surface area contributed by atoms with Gasteiger partial charge in [0.1, 0.15) is 0 Å². The van der Waals surface area contributed by atoms with Gasteiger partial charge in [-0.05, 0) is 50.9 Å². The third kappa shape index (κ3) is 3.45. The molecule has 122 valence electrons. The lowest BCUT2D eigenvalue weighted by molar-refractivity contribution is -0.385. The molecule has 1 aromatic carbocycles. The van der Waals surface area contributed by atoms with E-state index in [-0.39, 0.29) is 22.5 Å². The van der Waals surface area contributed by atoms with Crippen LogP contribution in [0.4, 0.5) is 5.69 Å². The van der Waals surface area contributed by atoms with Gasteiger partial charge in [-0.1, -0.05) is 6.92 Å². The van der Waals surface area contributed by atoms with Crippen LogP contribution in [0.25, 0.3) is 0 Å². The largest absolute Gasteiger partial charge is 0.316 e. The van der Waals surface area contributed by atoms with Gasteiger partial charge in [-0.15, -0.1) is 0 Å². The highest BCUT2D eigenvalue weighted by atomic mass is 32.2. The molecular weight excluding hydrogens is 306 g/mol. The van der Waals surface area contributed by atoms with Crippen molar-refractivity contribution >= 4 is 15.7 Å². The monoisotopic (exact) mass is 327 g/mol. The summed E-state index contributed by atoms with van der Waals surface area (Å²) in [6, 6.07) is 2.53. The molecule has 2 rings (SSSR count). The minimum absolute atomic E-state index is 0.0180. The van der Waals surface area contributed by atoms with Crippen LogP contribution in [0.5, 0.6) is 0 Å². The molecule has 7 nitrogen and oxygen atoms in total. The van der Waals surface area contributed by atoms with Crippen molar-refractivity contribution in [2.24, 2.45) is 5.92 Å². The molecule has 1 fully saturated rings. The molecule has 2 N–H and O–H groups in total. The average Bonchev–Trinajstić information content (AvgIpc) is 2.40. The molecule has 0 aliphatic carbocycles. The van der Waals surface area contributed by atoms with Gasteiger partial charge in [-0.2, -0.15) is 0 Å². The van der Waals surface area contributed by atoms with Crippen molar-refractivity contribution in [3.63, 3.8) is 0 Å². The summed E-state index contributed by atoms with van der Waals surface area (Å²) in [7, 11) is -3.78. The molecular formula is C14H21N3O4S. The highest BCUT2D eigenvalue weighted by Gasteiger charge is 2.29. The zero-order chi connectivity index (χ0) is 16.5. The topological polar surface area (TPSA) is 101 Å². The number of benzene rings is 1. The van der Waals surface area contributed by atoms with Gasteiger partial charge in [0.2, 0.25) is 10.0 Å². The van der Waals surface area contributed by atoms with Gasteiger partial charge >= 0.3 is 0 Å². The predicted octanol–water partition coefficient (Wildman–Crippen LogP) is 1.49. The molecule has 1 aliphatic heterocycles. The number of rotatable bonds is 4. The molecule has 8 heteroatoms. The van der Waals surface area contributed by atoms with E-state index in [0.717, 1.165) is 19.2 Å². The maximum absolute atomic E-state index is 12.6. The molecule has 0 aromatic heterocycles. The maximum atomic E-state index is 12.6. The van der Waals surface area contributed by atoms with E-state index in [4.69, 9.17) is 0 Å². The molecule has 0 spiro atoms. The van der Waals surface area contributed by atoms with Gasteiger partial charge in [0.05, 0.1) is 9.82 Å². The van der Waals surface area contributed by atoms with Gasteiger partial charge in [0.25, 0.3) is 5.69 Å². The molecule has 0 bridgehead atoms. The van der Waals surface area contributed by atoms with Crippen molar-refractivity contribution in [1.82, 2.24) is 10.0 Å². The summed E-state index contributed by atoms with van der Waals surface area (Å²) in [4.78, 5) is 10.5. The summed E-state index contributed by atoms with van der Waals surface area (Å²) in [5, 5.41) is 14.2. The van der Waals surface area contributed by atoms with Crippen molar-refractivity contribution in [3.8, 4) is 0 Å². The molecule has 2 unspecified atom stereocenters. The molecule has 22 heavy (non-hydrogen) atoms. The predicted molar refractivity (Wildman–Crippen MR) is 83.3 cm³/mol. The Kier molecular flexibility index (Phi) is 4.84. The molecule has 1 saturated heterocycles. The number of hydrogen-bond acceptors (Lipinski definition) is 5. The standard InChI is InChI=1S/C14H21N3O4S/c1-9-6-10(2)14(7-13(9)17(18)19)22(20,21)16-12-4-5-15-8-11(12)3/h6-7,11-12,15-16H,4-5,8H2,1-3H3. The summed E-state index contributed by atoms with van der Waals surface area (Å²) in [5.74, 6) is 0.171. The highest BCUT2D eigenvalue weighted by molar-refractivity contribution is 7.89. The minimum Gasteiger partial charge on any atom is -0.316 e. The smallest absolute Gasteiger partial charge is 0.273 e. The number of piperidine rings is 1. The minimum atomic E-state index is -3.78. The van der Waals surface area contributed by atoms with E-state index < -0.39 is 14.9 Å². The van der Waals surface area contributed by atoms with Gasteiger partial charge < -0.3 is 5.32 Å². The Morgan fingerprint density at radius 2 is 2.00 bits per heavy atom. The lowest BCUT2D eigenvalue weighted by Crippen LogP contribution is -2.48. The zero-order valence-electron chi connectivity index (χ0n) is 12.9. The van der Waals surface area contributed by atoms with Crippen molar-refractivity contribution in [2.45, 2.75) is 38.1 Å². The normalized spacial score (nSPS) is 22.5. The third-order valence-corrected chi connectivity index (χ3v) is 5.70. The van der Waals surface area contributed by atoms with Gasteiger partial charge in [0, 0.05) is 17.7 Å². The van der Waals surface area contributed by atoms with Gasteiger partial charge in [-0.3, -0.25) is 10.1 Å². The zero-order valence-corrected chi connectivity index (χ0v) is 13.7. The quantitative estimate of drug-likeness (QED) is 0.644. The lowest BCUT2D eigenvalue weighted by atomic mass is 9.97. The third-order valence-electron chi connectivity index (χ3n) is 4.07. The van der Waals surface area contributed by atoms with Gasteiger partial charge in [-0.25, -0.2) is 13.1 Å². The molecule has 0 saturated carbocycles. The van der Waals surface area contributed by atoms with Crippen molar-refractivity contribution in [1.29, 1.82) is 0 Å². The lowest BCUT2D eigenvalue weighted by Gasteiger charge is -2.30. The number of aryl methyl sites for hydroxylation is 2. The summed E-state index contributed by atoms with van der Waals surface area (Å²) < 4.78 is 27.9. The van der Waals surface area contributed by atoms with E-state index in [2.05, 4.69) is 10.0 Å². The molecule has 1 aromatic rings. The number of nitrogens with one attached hydrogen (secondary N) is 2. The Morgan fingerprint density at radius 3 is 2.59 bits per heavy atom. The molecule has 0 amide bonds. The number of sulfonamides is 1. The number of nitro groups is 1. The Hall–Kier alpha value is -1.51. The first-order valence-electron chi connectivity index (χ1n) is 7.21. The van der Waals surface area contributed by atoms with E-state index in [1.54, 1.807) is 19.9 Å². The molecule has 1 heterocycles. The van der Waals surface area contributed by atoms with Crippen LogP contribution in [0.15, 0.2) is 17.0 Å². The van der Waals surface area contributed by atoms with Gasteiger partial charge in [0.15, 0.2) is 0 Å². The van der Waals surface area contributed by atoms with Crippen LogP contribution in [0.3, 0.4) is 0 Å². The van der Waals surface area contributed by atoms with E-state index in [9.17, 15) is 18.5 Å². The number of nitrogens with zero attached hydrogens (tertiary/aromatic N) is 1. The Balaban J connectivity index is 2.36.